The van der Waals surface area contributed by atoms with E-state index < -0.39 is 12.0 Å². The van der Waals surface area contributed by atoms with Crippen LogP contribution >= 0.6 is 0 Å². The molecule has 0 heterocycles. The first-order valence-corrected chi connectivity index (χ1v) is 8.15. The number of aldehydes is 1. The molecule has 0 fully saturated rings. The molecule has 0 bridgehead atoms. The summed E-state index contributed by atoms with van der Waals surface area (Å²) in [6, 6.07) is 5.75. The van der Waals surface area contributed by atoms with Crippen LogP contribution in [-0.4, -0.2) is 43.5 Å². The van der Waals surface area contributed by atoms with Crippen molar-refractivity contribution in [3.63, 3.8) is 0 Å². The molecule has 1 unspecified atom stereocenters. The van der Waals surface area contributed by atoms with E-state index in [9.17, 15) is 9.59 Å². The van der Waals surface area contributed by atoms with Gasteiger partial charge in [0.15, 0.2) is 6.29 Å². The zero-order valence-corrected chi connectivity index (χ0v) is 11.8. The monoisotopic (exact) mass is 319 g/mol. The van der Waals surface area contributed by atoms with Gasteiger partial charge in [-0.2, -0.15) is 0 Å². The molecule has 5 nitrogen and oxygen atoms in total. The van der Waals surface area contributed by atoms with Gasteiger partial charge in [-0.15, -0.1) is 0 Å². The van der Waals surface area contributed by atoms with Crippen LogP contribution in [0.25, 0.3) is 0 Å². The van der Waals surface area contributed by atoms with Crippen molar-refractivity contribution in [1.29, 1.82) is 0 Å². The Labute approximate surface area is 112 Å². The first-order valence-electron chi connectivity index (χ1n) is 5.23. The fourth-order valence-corrected chi connectivity index (χ4v) is 1.98. The van der Waals surface area contributed by atoms with Crippen LogP contribution in [0.15, 0.2) is 24.3 Å². The smallest absolute Gasteiger partial charge is 0.153 e. The van der Waals surface area contributed by atoms with Crippen molar-refractivity contribution in [3.8, 4) is 5.75 Å². The molecule has 0 amide bonds. The van der Waals surface area contributed by atoms with Gasteiger partial charge in [0.05, 0.1) is 5.56 Å². The van der Waals surface area contributed by atoms with Crippen molar-refractivity contribution in [2.24, 2.45) is 5.73 Å². The van der Waals surface area contributed by atoms with Gasteiger partial charge in [0.25, 0.3) is 0 Å². The number of hydrogen-bond acceptors (Lipinski definition) is 4. The minimum absolute atomic E-state index is 0.0347. The molecule has 0 spiro atoms. The van der Waals surface area contributed by atoms with Crippen LogP contribution in [0.3, 0.4) is 0 Å². The molecule has 0 aliphatic carbocycles. The molecule has 1 atom stereocenters. The molecule has 0 saturated heterocycles. The Morgan fingerprint density at radius 2 is 2.11 bits per heavy atom. The van der Waals surface area contributed by atoms with Gasteiger partial charge in [-0.05, 0) is 12.1 Å². The summed E-state index contributed by atoms with van der Waals surface area (Å²) in [5.74, 6) is 1.22. The van der Waals surface area contributed by atoms with Crippen molar-refractivity contribution in [1.82, 2.24) is 0 Å². The zero-order chi connectivity index (χ0) is 14.0. The molecule has 0 aliphatic rings. The first-order chi connectivity index (χ1) is 8.52. The zero-order valence-electron chi connectivity index (χ0n) is 10.1. The Morgan fingerprint density at radius 1 is 1.50 bits per heavy atom. The van der Waals surface area contributed by atoms with Crippen LogP contribution in [-0.2, 0) is 4.79 Å². The molecule has 18 heavy (non-hydrogen) atoms. The number of aliphatic carboxylic acids is 1. The van der Waals surface area contributed by atoms with Crippen LogP contribution in [0.2, 0.25) is 11.1 Å². The van der Waals surface area contributed by atoms with Crippen LogP contribution in [0.1, 0.15) is 16.8 Å². The third kappa shape index (κ3) is 7.06. The van der Waals surface area contributed by atoms with Gasteiger partial charge in [0, 0.05) is 0 Å². The van der Waals surface area contributed by atoms with Gasteiger partial charge in [-0.3, -0.25) is 4.79 Å². The van der Waals surface area contributed by atoms with E-state index in [0.29, 0.717) is 33.2 Å². The number of benzene rings is 1. The number of carboxylic acids is 1. The fourth-order valence-electron chi connectivity index (χ4n) is 0.955. The van der Waals surface area contributed by atoms with E-state index in [1.165, 1.54) is 6.07 Å². The predicted molar refractivity (Wildman–Crippen MR) is 70.1 cm³/mol. The number of carboxylic acid groups (broad SMARTS) is 1. The average molecular weight is 318 g/mol. The van der Waals surface area contributed by atoms with Crippen LogP contribution in [0, 0.1) is 0 Å². The first kappa shape index (κ1) is 16.6. The molecule has 1 aromatic rings. The van der Waals surface area contributed by atoms with E-state index in [1.807, 2.05) is 0 Å². The van der Waals surface area contributed by atoms with E-state index in [1.54, 1.807) is 18.2 Å². The maximum absolute atomic E-state index is 10.1. The second kappa shape index (κ2) is 9.65. The molecule has 6 heteroatoms. The summed E-state index contributed by atoms with van der Waals surface area (Å²) in [6.45, 7) is 0. The normalized spacial score (nSPS) is 11.0. The maximum atomic E-state index is 10.1. The molecule has 4 N–H and O–H groups in total. The quantitative estimate of drug-likeness (QED) is 0.559. The maximum Gasteiger partial charge on any atom is 0.153 e. The number of para-hydroxylation sites is 1. The van der Waals surface area contributed by atoms with E-state index in [-0.39, 0.29) is 5.75 Å². The van der Waals surface area contributed by atoms with Gasteiger partial charge in [0.2, 0.25) is 0 Å². The molecule has 0 aliphatic heterocycles. The molecule has 0 aromatic heterocycles. The number of phenolic OH excluding ortho intramolecular Hbond substituents is 1. The summed E-state index contributed by atoms with van der Waals surface area (Å²) in [5.41, 5.74) is 5.54. The topological polar surface area (TPSA) is 101 Å². The number of nitrogens with two attached hydrogens (primary N) is 1. The number of phenols is 1. The van der Waals surface area contributed by atoms with E-state index in [0.717, 1.165) is 5.32 Å². The molecular formula is C12H17NO4Se. The SMILES string of the molecule is C[Se]CCC(N)C(=O)O.O=Cc1ccccc1O. The Balaban J connectivity index is 0.000000321. The van der Waals surface area contributed by atoms with Crippen molar-refractivity contribution in [2.45, 2.75) is 23.6 Å². The molecule has 0 saturated carbocycles. The predicted octanol–water partition coefficient (Wildman–Crippen LogP) is 1.16. The average Bonchev–Trinajstić information content (AvgIpc) is 2.37. The molecular weight excluding hydrogens is 301 g/mol. The van der Waals surface area contributed by atoms with Crippen LogP contribution < -0.4 is 5.73 Å². The summed E-state index contributed by atoms with van der Waals surface area (Å²) < 4.78 is 0. The molecule has 1 aromatic carbocycles. The molecule has 100 valence electrons. The van der Waals surface area contributed by atoms with Gasteiger partial charge >= 0.3 is 60.2 Å². The number of rotatable bonds is 5. The largest absolute Gasteiger partial charge is 0.507 e. The summed E-state index contributed by atoms with van der Waals surface area (Å²) in [5, 5.41) is 18.1. The van der Waals surface area contributed by atoms with Crippen LogP contribution in [0.4, 0.5) is 0 Å². The van der Waals surface area contributed by atoms with Gasteiger partial charge < -0.3 is 5.11 Å². The van der Waals surface area contributed by atoms with E-state index in [4.69, 9.17) is 15.9 Å². The number of carbonyl (C=O) groups is 2. The second-order valence-electron chi connectivity index (χ2n) is 3.40. The minimum Gasteiger partial charge on any atom is -0.507 e. The van der Waals surface area contributed by atoms with E-state index >= 15 is 0 Å². The minimum atomic E-state index is -0.890. The van der Waals surface area contributed by atoms with Gasteiger partial charge in [-0.1, -0.05) is 12.1 Å². The standard InChI is InChI=1S/C7H6O2.C5H11NO2Se/c8-5-6-3-1-2-4-7(6)9;1-9-3-2-4(6)5(7)8/h1-5,9H;4H,2-3,6H2,1H3,(H,7,8). The van der Waals surface area contributed by atoms with Crippen molar-refractivity contribution >= 4 is 27.2 Å². The van der Waals surface area contributed by atoms with Crippen molar-refractivity contribution in [3.05, 3.63) is 29.8 Å². The van der Waals surface area contributed by atoms with Gasteiger partial charge in [0.1, 0.15) is 5.75 Å². The number of aromatic hydroxyl groups is 1. The number of carbonyl (C=O) groups excluding carboxylic acids is 1. The second-order valence-corrected chi connectivity index (χ2v) is 5.47. The Hall–Kier alpha value is -1.36. The Morgan fingerprint density at radius 3 is 2.50 bits per heavy atom. The van der Waals surface area contributed by atoms with Crippen LogP contribution in [0.5, 0.6) is 5.75 Å². The molecule has 1 rings (SSSR count). The molecule has 0 radical (unpaired) electrons. The Kier molecular flexibility index (Phi) is 8.92. The Bertz CT molecular complexity index is 384. The van der Waals surface area contributed by atoms with Crippen molar-refractivity contribution < 1.29 is 19.8 Å². The summed E-state index contributed by atoms with van der Waals surface area (Å²) in [4.78, 5) is 20.2. The summed E-state index contributed by atoms with van der Waals surface area (Å²) in [6.07, 6.45) is 1.24. The fraction of sp³-hybridized carbons (Fsp3) is 0.333. The van der Waals surface area contributed by atoms with E-state index in [2.05, 4.69) is 5.82 Å². The third-order valence-corrected chi connectivity index (χ3v) is 3.36. The van der Waals surface area contributed by atoms with Crippen molar-refractivity contribution in [2.75, 3.05) is 0 Å². The number of hydrogen-bond donors (Lipinski definition) is 3. The van der Waals surface area contributed by atoms with Gasteiger partial charge in [-0.25, -0.2) is 0 Å². The third-order valence-electron chi connectivity index (χ3n) is 2.01. The summed E-state index contributed by atoms with van der Waals surface area (Å²) in [7, 11) is 0. The summed E-state index contributed by atoms with van der Waals surface area (Å²) >= 11 is 0.549.